The van der Waals surface area contributed by atoms with Gasteiger partial charge in [0.2, 0.25) is 6.79 Å². The lowest BCUT2D eigenvalue weighted by Crippen LogP contribution is -1.93. The normalized spacial score (nSPS) is 14.0. The van der Waals surface area contributed by atoms with Gasteiger partial charge in [0.25, 0.3) is 0 Å². The molecule has 0 aliphatic carbocycles. The lowest BCUT2D eigenvalue weighted by Gasteiger charge is -2.11. The predicted octanol–water partition coefficient (Wildman–Crippen LogP) is 4.45. The van der Waals surface area contributed by atoms with Gasteiger partial charge in [0, 0.05) is 27.7 Å². The summed E-state index contributed by atoms with van der Waals surface area (Å²) < 4.78 is 17.2. The van der Waals surface area contributed by atoms with Crippen LogP contribution in [-0.4, -0.2) is 11.8 Å². The van der Waals surface area contributed by atoms with E-state index in [0.717, 1.165) is 54.9 Å². The molecule has 3 aromatic carbocycles. The quantitative estimate of drug-likeness (QED) is 0.312. The average molecular weight is 287 g/mol. The summed E-state index contributed by atoms with van der Waals surface area (Å²) in [6, 6.07) is 10.2. The summed E-state index contributed by atoms with van der Waals surface area (Å²) in [5.41, 5.74) is 1.71. The molecule has 0 amide bonds. The molecule has 5 aromatic rings. The van der Waals surface area contributed by atoms with Crippen LogP contribution in [0.25, 0.3) is 43.4 Å². The number of benzene rings is 3. The van der Waals surface area contributed by atoms with Gasteiger partial charge in [-0.3, -0.25) is 4.98 Å². The zero-order chi connectivity index (χ0) is 14.3. The molecule has 4 heteroatoms. The van der Waals surface area contributed by atoms with Crippen molar-refractivity contribution >= 4 is 43.4 Å². The Morgan fingerprint density at radius 2 is 1.95 bits per heavy atom. The minimum atomic E-state index is 0.260. The summed E-state index contributed by atoms with van der Waals surface area (Å²) in [6.45, 7) is 0.260. The van der Waals surface area contributed by atoms with Gasteiger partial charge in [-0.2, -0.15) is 0 Å². The Hall–Kier alpha value is -3.01. The van der Waals surface area contributed by atoms with Crippen LogP contribution in [0.1, 0.15) is 0 Å². The highest BCUT2D eigenvalue weighted by Gasteiger charge is 2.24. The number of ether oxygens (including phenoxy) is 2. The summed E-state index contributed by atoms with van der Waals surface area (Å²) in [6.07, 6.45) is 3.60. The molecule has 0 fully saturated rings. The van der Waals surface area contributed by atoms with E-state index in [2.05, 4.69) is 17.1 Å². The largest absolute Gasteiger partial charge is 0.461 e. The third-order valence-electron chi connectivity index (χ3n) is 4.50. The van der Waals surface area contributed by atoms with Crippen molar-refractivity contribution in [1.82, 2.24) is 4.98 Å². The van der Waals surface area contributed by atoms with Crippen molar-refractivity contribution in [3.63, 3.8) is 0 Å². The Labute approximate surface area is 124 Å². The highest BCUT2D eigenvalue weighted by Crippen LogP contribution is 2.48. The fourth-order valence-electron chi connectivity index (χ4n) is 3.62. The maximum Gasteiger partial charge on any atom is 0.231 e. The molecule has 3 heterocycles. The smallest absolute Gasteiger partial charge is 0.231 e. The predicted molar refractivity (Wildman–Crippen MR) is 83.8 cm³/mol. The van der Waals surface area contributed by atoms with E-state index in [4.69, 9.17) is 13.9 Å². The van der Waals surface area contributed by atoms with Crippen molar-refractivity contribution in [2.45, 2.75) is 0 Å². The molecule has 2 aromatic heterocycles. The fraction of sp³-hybridized carbons (Fsp3) is 0.0556. The van der Waals surface area contributed by atoms with Crippen molar-refractivity contribution in [1.29, 1.82) is 0 Å². The van der Waals surface area contributed by atoms with Gasteiger partial charge in [0.05, 0.1) is 6.26 Å². The first-order valence-electron chi connectivity index (χ1n) is 7.14. The fourth-order valence-corrected chi connectivity index (χ4v) is 3.62. The summed E-state index contributed by atoms with van der Waals surface area (Å²) in [5.74, 6) is 1.60. The van der Waals surface area contributed by atoms with Crippen LogP contribution < -0.4 is 9.47 Å². The minimum Gasteiger partial charge on any atom is -0.461 e. The number of hydrogen-bond acceptors (Lipinski definition) is 4. The molecule has 0 atom stereocenters. The third kappa shape index (κ3) is 1.06. The lowest BCUT2D eigenvalue weighted by molar-refractivity contribution is 0.175. The standard InChI is InChI=1S/C18H9NO3/c1-2-10-7-20-18-13(10)11(3-1)15-14-9(4-5-19-16(14)18)6-12-17(15)22-8-21-12/h1-7H,8H2. The zero-order valence-electron chi connectivity index (χ0n) is 11.4. The number of furan rings is 1. The van der Waals surface area contributed by atoms with Crippen molar-refractivity contribution in [2.75, 3.05) is 6.79 Å². The molecule has 0 N–H and O–H groups in total. The van der Waals surface area contributed by atoms with E-state index in [0.29, 0.717) is 0 Å². The van der Waals surface area contributed by atoms with E-state index in [1.165, 1.54) is 0 Å². The maximum atomic E-state index is 5.83. The van der Waals surface area contributed by atoms with Gasteiger partial charge in [-0.15, -0.1) is 0 Å². The van der Waals surface area contributed by atoms with E-state index in [1.807, 2.05) is 24.4 Å². The molecule has 0 unspecified atom stereocenters. The number of fused-ring (bicyclic) bond motifs is 4. The second-order valence-corrected chi connectivity index (χ2v) is 5.58. The molecule has 4 nitrogen and oxygen atoms in total. The van der Waals surface area contributed by atoms with E-state index < -0.39 is 0 Å². The zero-order valence-corrected chi connectivity index (χ0v) is 11.4. The Kier molecular flexibility index (Phi) is 1.66. The molecular weight excluding hydrogens is 278 g/mol. The molecule has 0 saturated heterocycles. The van der Waals surface area contributed by atoms with Crippen molar-refractivity contribution < 1.29 is 13.9 Å². The van der Waals surface area contributed by atoms with E-state index in [9.17, 15) is 0 Å². The van der Waals surface area contributed by atoms with E-state index in [1.54, 1.807) is 6.26 Å². The van der Waals surface area contributed by atoms with Gasteiger partial charge < -0.3 is 13.9 Å². The van der Waals surface area contributed by atoms with Gasteiger partial charge in [-0.05, 0) is 22.9 Å². The van der Waals surface area contributed by atoms with E-state index >= 15 is 0 Å². The maximum absolute atomic E-state index is 5.83. The van der Waals surface area contributed by atoms with Gasteiger partial charge in [-0.1, -0.05) is 18.2 Å². The van der Waals surface area contributed by atoms with E-state index in [-0.39, 0.29) is 6.79 Å². The van der Waals surface area contributed by atoms with Gasteiger partial charge in [0.1, 0.15) is 5.52 Å². The van der Waals surface area contributed by atoms with Gasteiger partial charge in [0.15, 0.2) is 17.1 Å². The Bertz CT molecular complexity index is 1210. The van der Waals surface area contributed by atoms with Crippen molar-refractivity contribution in [3.05, 3.63) is 42.8 Å². The minimum absolute atomic E-state index is 0.260. The molecule has 0 radical (unpaired) electrons. The number of nitrogens with zero attached hydrogens (tertiary/aromatic N) is 1. The van der Waals surface area contributed by atoms with Crippen molar-refractivity contribution in [3.8, 4) is 11.5 Å². The number of pyridine rings is 1. The van der Waals surface area contributed by atoms with Crippen molar-refractivity contribution in [2.24, 2.45) is 0 Å². The van der Waals surface area contributed by atoms with Crippen LogP contribution in [0, 0.1) is 0 Å². The molecule has 104 valence electrons. The van der Waals surface area contributed by atoms with Crippen LogP contribution in [0.5, 0.6) is 11.5 Å². The molecule has 6 rings (SSSR count). The number of hydrogen-bond donors (Lipinski definition) is 0. The summed E-state index contributed by atoms with van der Waals surface area (Å²) >= 11 is 0. The highest BCUT2D eigenvalue weighted by atomic mass is 16.7. The summed E-state index contributed by atoms with van der Waals surface area (Å²) in [4.78, 5) is 4.57. The van der Waals surface area contributed by atoms with Crippen LogP contribution in [0.4, 0.5) is 0 Å². The first kappa shape index (κ1) is 10.7. The molecular formula is C18H9NO3. The SMILES string of the molecule is c1cc2coc3c4nccc5cc6c(c(c(c1)c23)c54)OCO6. The number of aromatic nitrogens is 1. The molecule has 0 saturated carbocycles. The molecule has 0 bridgehead atoms. The summed E-state index contributed by atoms with van der Waals surface area (Å²) in [5, 5.41) is 6.51. The monoisotopic (exact) mass is 287 g/mol. The molecule has 22 heavy (non-hydrogen) atoms. The molecule has 1 aliphatic rings. The third-order valence-corrected chi connectivity index (χ3v) is 4.50. The Morgan fingerprint density at radius 3 is 2.95 bits per heavy atom. The highest BCUT2D eigenvalue weighted by molar-refractivity contribution is 6.32. The van der Waals surface area contributed by atoms with Crippen LogP contribution in [-0.2, 0) is 0 Å². The first-order chi connectivity index (χ1) is 10.9. The Morgan fingerprint density at radius 1 is 0.955 bits per heavy atom. The second-order valence-electron chi connectivity index (χ2n) is 5.58. The average Bonchev–Trinajstić information content (AvgIpc) is 3.18. The first-order valence-corrected chi connectivity index (χ1v) is 7.14. The summed E-state index contributed by atoms with van der Waals surface area (Å²) in [7, 11) is 0. The lowest BCUT2D eigenvalue weighted by atomic mass is 9.95. The second kappa shape index (κ2) is 3.42. The van der Waals surface area contributed by atoms with Crippen LogP contribution >= 0.6 is 0 Å². The van der Waals surface area contributed by atoms with Gasteiger partial charge >= 0.3 is 0 Å². The van der Waals surface area contributed by atoms with Crippen LogP contribution in [0.15, 0.2) is 47.2 Å². The Balaban J connectivity index is 2.09. The molecule has 1 aliphatic heterocycles. The topological polar surface area (TPSA) is 44.5 Å². The number of rotatable bonds is 0. The molecule has 0 spiro atoms. The van der Waals surface area contributed by atoms with Crippen LogP contribution in [0.3, 0.4) is 0 Å². The van der Waals surface area contributed by atoms with Gasteiger partial charge in [-0.25, -0.2) is 0 Å². The van der Waals surface area contributed by atoms with Crippen LogP contribution in [0.2, 0.25) is 0 Å².